The van der Waals surface area contributed by atoms with Gasteiger partial charge in [-0.15, -0.1) is 0 Å². The number of anilines is 4. The van der Waals surface area contributed by atoms with Gasteiger partial charge < -0.3 is 19.6 Å². The molecule has 60 heavy (non-hydrogen) atoms. The summed E-state index contributed by atoms with van der Waals surface area (Å²) in [6, 6.07) is 43.9. The number of aromatic nitrogens is 1. The van der Waals surface area contributed by atoms with Crippen LogP contribution >= 0.6 is 0 Å². The molecular weight excluding hydrogens is 735 g/mol. The average Bonchev–Trinajstić information content (AvgIpc) is 3.29. The van der Waals surface area contributed by atoms with Crippen LogP contribution in [0.25, 0.3) is 28.5 Å². The van der Waals surface area contributed by atoms with E-state index in [9.17, 15) is 5.11 Å². The van der Waals surface area contributed by atoms with Gasteiger partial charge >= 0.3 is 0 Å². The predicted molar refractivity (Wildman–Crippen MR) is 253 cm³/mol. The summed E-state index contributed by atoms with van der Waals surface area (Å²) in [6.07, 6.45) is 26.9. The number of rotatable bonds is 15. The molecule has 6 aromatic rings. The first-order chi connectivity index (χ1) is 29.4. The maximum atomic E-state index is 11.6. The predicted octanol–water partition coefficient (Wildman–Crippen LogP) is 14.3. The third-order valence-corrected chi connectivity index (χ3v) is 9.79. The van der Waals surface area contributed by atoms with Crippen LogP contribution in [0.15, 0.2) is 245 Å². The van der Waals surface area contributed by atoms with Crippen LogP contribution < -0.4 is 14.5 Å². The van der Waals surface area contributed by atoms with Gasteiger partial charge in [-0.2, -0.15) is 0 Å². The molecular formula is C55H45N3O2. The van der Waals surface area contributed by atoms with Crippen molar-refractivity contribution in [1.29, 1.82) is 0 Å². The number of para-hydroxylation sites is 1. The molecule has 5 heteroatoms. The number of phenols is 1. The monoisotopic (exact) mass is 779 g/mol. The molecule has 5 nitrogen and oxygen atoms in total. The molecule has 0 saturated carbocycles. The Hall–Kier alpha value is -8.15. The van der Waals surface area contributed by atoms with E-state index in [1.807, 2.05) is 151 Å². The molecule has 0 bridgehead atoms. The van der Waals surface area contributed by atoms with E-state index in [4.69, 9.17) is 4.74 Å². The molecule has 0 atom stereocenters. The Bertz CT molecular complexity index is 2700. The highest BCUT2D eigenvalue weighted by molar-refractivity contribution is 5.96. The number of aromatic hydroxyl groups is 1. The van der Waals surface area contributed by atoms with Gasteiger partial charge in [0.15, 0.2) is 0 Å². The van der Waals surface area contributed by atoms with E-state index in [0.29, 0.717) is 28.5 Å². The van der Waals surface area contributed by atoms with E-state index in [1.165, 1.54) is 0 Å². The van der Waals surface area contributed by atoms with Crippen LogP contribution in [0, 0.1) is 0 Å². The van der Waals surface area contributed by atoms with E-state index in [2.05, 4.69) is 84.7 Å². The minimum absolute atomic E-state index is 0.0733. The van der Waals surface area contributed by atoms with Crippen molar-refractivity contribution in [1.82, 2.24) is 4.98 Å². The molecule has 1 aliphatic rings. The Kier molecular flexibility index (Phi) is 12.9. The fourth-order valence-electron chi connectivity index (χ4n) is 6.86. The quantitative estimate of drug-likeness (QED) is 0.105. The number of fused-ring (bicyclic) bond motifs is 3. The highest BCUT2D eigenvalue weighted by Crippen LogP contribution is 2.47. The van der Waals surface area contributed by atoms with Gasteiger partial charge in [0.1, 0.15) is 23.1 Å². The zero-order valence-electron chi connectivity index (χ0n) is 33.3. The minimum atomic E-state index is 0.0733. The van der Waals surface area contributed by atoms with Gasteiger partial charge in [-0.1, -0.05) is 154 Å². The van der Waals surface area contributed by atoms with Gasteiger partial charge in [0.25, 0.3) is 0 Å². The van der Waals surface area contributed by atoms with Crippen molar-refractivity contribution < 1.29 is 9.84 Å². The summed E-state index contributed by atoms with van der Waals surface area (Å²) in [5, 5.41) is 11.6. The van der Waals surface area contributed by atoms with Crippen molar-refractivity contribution in [3.63, 3.8) is 0 Å². The standard InChI is InChI=1S/C55H45N3O2/c1-5-7-22-43(6-2)26-21-38-58(54-31-17-18-36-56-54)46-32-34-48(52(59)39-46)41(3)49-29-20-30-51-50-35-33-47(40-53(50)60-42(4)55(49)51)57(45-27-15-11-16-28-45)37-19-9-8-12-23-44-24-13-10-14-25-44/h5-40,59H,1-4H2/b9-8-,22-7-,23-12+,37-19+,38-21+,43-26+. The molecule has 5 aromatic carbocycles. The number of benzene rings is 5. The zero-order chi connectivity index (χ0) is 41.7. The third kappa shape index (κ3) is 9.34. The van der Waals surface area contributed by atoms with Crippen LogP contribution in [0.4, 0.5) is 22.9 Å². The van der Waals surface area contributed by atoms with Gasteiger partial charge in [-0.05, 0) is 88.5 Å². The molecule has 1 N–H and O–H groups in total. The van der Waals surface area contributed by atoms with Crippen molar-refractivity contribution in [2.45, 2.75) is 0 Å². The summed E-state index contributed by atoms with van der Waals surface area (Å²) < 4.78 is 6.51. The number of pyridine rings is 1. The van der Waals surface area contributed by atoms with Crippen LogP contribution in [0.1, 0.15) is 22.3 Å². The van der Waals surface area contributed by atoms with Crippen molar-refractivity contribution in [3.8, 4) is 22.6 Å². The maximum absolute atomic E-state index is 11.6. The van der Waals surface area contributed by atoms with Gasteiger partial charge in [-0.3, -0.25) is 0 Å². The lowest BCUT2D eigenvalue weighted by atomic mass is 9.87. The molecule has 2 heterocycles. The van der Waals surface area contributed by atoms with E-state index >= 15 is 0 Å². The van der Waals surface area contributed by atoms with E-state index in [0.717, 1.165) is 50.5 Å². The fraction of sp³-hybridized carbons (Fsp3) is 0. The number of allylic oxidation sites excluding steroid dienone is 11. The van der Waals surface area contributed by atoms with Crippen LogP contribution in [-0.4, -0.2) is 10.1 Å². The van der Waals surface area contributed by atoms with Gasteiger partial charge in [0.2, 0.25) is 0 Å². The highest BCUT2D eigenvalue weighted by atomic mass is 16.5. The molecule has 0 fully saturated rings. The zero-order valence-corrected chi connectivity index (χ0v) is 33.3. The summed E-state index contributed by atoms with van der Waals surface area (Å²) in [7, 11) is 0. The second kappa shape index (κ2) is 19.3. The normalized spacial score (nSPS) is 12.5. The Morgan fingerprint density at radius 1 is 0.633 bits per heavy atom. The van der Waals surface area contributed by atoms with Crippen molar-refractivity contribution >= 4 is 40.3 Å². The minimum Gasteiger partial charge on any atom is -0.507 e. The van der Waals surface area contributed by atoms with Gasteiger partial charge in [0, 0.05) is 58.8 Å². The van der Waals surface area contributed by atoms with E-state index in [1.54, 1.807) is 24.4 Å². The smallest absolute Gasteiger partial charge is 0.137 e. The van der Waals surface area contributed by atoms with Crippen molar-refractivity contribution in [3.05, 3.63) is 267 Å². The molecule has 7 rings (SSSR count). The second-order valence-electron chi connectivity index (χ2n) is 13.7. The first kappa shape index (κ1) is 40.1. The summed E-state index contributed by atoms with van der Waals surface area (Å²) in [6.45, 7) is 16.5. The maximum Gasteiger partial charge on any atom is 0.137 e. The summed E-state index contributed by atoms with van der Waals surface area (Å²) >= 11 is 0. The van der Waals surface area contributed by atoms with Crippen LogP contribution in [0.5, 0.6) is 11.5 Å². The Morgan fingerprint density at radius 2 is 1.37 bits per heavy atom. The van der Waals surface area contributed by atoms with E-state index in [-0.39, 0.29) is 5.75 Å². The second-order valence-corrected chi connectivity index (χ2v) is 13.7. The number of hydrogen-bond donors (Lipinski definition) is 1. The summed E-state index contributed by atoms with van der Waals surface area (Å²) in [5.41, 5.74) is 9.50. The fourth-order valence-corrected chi connectivity index (χ4v) is 6.86. The molecule has 292 valence electrons. The molecule has 0 radical (unpaired) electrons. The van der Waals surface area contributed by atoms with Crippen LogP contribution in [-0.2, 0) is 0 Å². The summed E-state index contributed by atoms with van der Waals surface area (Å²) in [4.78, 5) is 8.60. The summed E-state index contributed by atoms with van der Waals surface area (Å²) in [5.74, 6) is 1.96. The number of phenolic OH excluding ortho intramolecular Hbond substituents is 1. The van der Waals surface area contributed by atoms with Gasteiger partial charge in [-0.25, -0.2) is 4.98 Å². The molecule has 0 unspecified atom stereocenters. The van der Waals surface area contributed by atoms with Gasteiger partial charge in [0.05, 0.1) is 5.69 Å². The van der Waals surface area contributed by atoms with Crippen LogP contribution in [0.3, 0.4) is 0 Å². The van der Waals surface area contributed by atoms with E-state index < -0.39 is 0 Å². The molecule has 0 saturated heterocycles. The Labute approximate surface area is 353 Å². The molecule has 0 amide bonds. The largest absolute Gasteiger partial charge is 0.507 e. The molecule has 0 spiro atoms. The SMILES string of the molecule is C=C\C=C/C(C=C)=C/C=C/N(c1ccc(C(=C)c2cccc3c2C(=C)Oc2cc(N(/C=C/C=C\C=C\c4ccccc4)c4ccccc4)ccc2-3)c(O)c1)c1ccccn1. The van der Waals surface area contributed by atoms with Crippen molar-refractivity contribution in [2.24, 2.45) is 0 Å². The first-order valence-electron chi connectivity index (χ1n) is 19.5. The third-order valence-electron chi connectivity index (χ3n) is 9.79. The lowest BCUT2D eigenvalue weighted by Crippen LogP contribution is -2.11. The Morgan fingerprint density at radius 3 is 2.12 bits per heavy atom. The molecule has 0 aliphatic carbocycles. The Balaban J connectivity index is 1.17. The first-order valence-corrected chi connectivity index (χ1v) is 19.5. The number of nitrogens with zero attached hydrogens (tertiary/aromatic N) is 3. The lowest BCUT2D eigenvalue weighted by Gasteiger charge is -2.28. The number of hydrogen-bond acceptors (Lipinski definition) is 5. The topological polar surface area (TPSA) is 48.8 Å². The molecule has 1 aromatic heterocycles. The highest BCUT2D eigenvalue weighted by Gasteiger charge is 2.26. The average molecular weight is 780 g/mol. The lowest BCUT2D eigenvalue weighted by molar-refractivity contribution is 0.474. The number of ether oxygens (including phenoxy) is 1. The van der Waals surface area contributed by atoms with Crippen molar-refractivity contribution in [2.75, 3.05) is 9.80 Å². The van der Waals surface area contributed by atoms with Crippen LogP contribution in [0.2, 0.25) is 0 Å². The molecule has 1 aliphatic heterocycles.